The Hall–Kier alpha value is -1.56. The highest BCUT2D eigenvalue weighted by atomic mass is 32.2. The molecule has 1 aromatic rings. The number of fused-ring (bicyclic) bond motifs is 2. The Bertz CT molecular complexity index is 739. The van der Waals surface area contributed by atoms with Gasteiger partial charge in [-0.15, -0.1) is 0 Å². The molecule has 0 unspecified atom stereocenters. The van der Waals surface area contributed by atoms with Gasteiger partial charge in [-0.3, -0.25) is 9.52 Å². The molecule has 5 nitrogen and oxygen atoms in total. The van der Waals surface area contributed by atoms with Crippen molar-refractivity contribution in [2.24, 2.45) is 16.7 Å². The number of ketones is 1. The molecule has 0 aliphatic heterocycles. The van der Waals surface area contributed by atoms with E-state index in [0.717, 1.165) is 6.42 Å². The summed E-state index contributed by atoms with van der Waals surface area (Å²) in [6.45, 7) is 6.54. The Balaban J connectivity index is 1.78. The van der Waals surface area contributed by atoms with Crippen LogP contribution in [-0.4, -0.2) is 26.6 Å². The molecule has 0 spiro atoms. The van der Waals surface area contributed by atoms with Gasteiger partial charge >= 0.3 is 0 Å². The van der Waals surface area contributed by atoms with Gasteiger partial charge in [0.15, 0.2) is 0 Å². The molecule has 0 saturated heterocycles. The van der Waals surface area contributed by atoms with Crippen LogP contribution in [0.25, 0.3) is 0 Å². The topological polar surface area (TPSA) is 72.5 Å². The Labute approximate surface area is 143 Å². The molecular formula is C18H25NO4S. The van der Waals surface area contributed by atoms with Crippen LogP contribution in [0.4, 0.5) is 5.69 Å². The van der Waals surface area contributed by atoms with Gasteiger partial charge in [0.05, 0.1) is 17.8 Å². The van der Waals surface area contributed by atoms with Crippen LogP contribution < -0.4 is 9.46 Å². The van der Waals surface area contributed by atoms with E-state index >= 15 is 0 Å². The van der Waals surface area contributed by atoms with Crippen molar-refractivity contribution in [3.8, 4) is 5.75 Å². The minimum atomic E-state index is -3.60. The number of benzene rings is 1. The highest BCUT2D eigenvalue weighted by molar-refractivity contribution is 7.92. The summed E-state index contributed by atoms with van der Waals surface area (Å²) in [7, 11) is -3.60. The summed E-state index contributed by atoms with van der Waals surface area (Å²) in [5.74, 6) is 0.992. The van der Waals surface area contributed by atoms with Crippen molar-refractivity contribution in [3.63, 3.8) is 0 Å². The number of Topliss-reactive ketones (excluding diaryl/α,β-unsaturated/α-hetero) is 1. The summed E-state index contributed by atoms with van der Waals surface area (Å²) in [5, 5.41) is 0. The molecule has 2 saturated carbocycles. The molecule has 0 amide bonds. The fraction of sp³-hybridized carbons (Fsp3) is 0.611. The molecule has 2 fully saturated rings. The quantitative estimate of drug-likeness (QED) is 0.854. The van der Waals surface area contributed by atoms with E-state index in [0.29, 0.717) is 36.8 Å². The highest BCUT2D eigenvalue weighted by Gasteiger charge is 2.65. The summed E-state index contributed by atoms with van der Waals surface area (Å²) >= 11 is 0. The molecule has 2 bridgehead atoms. The van der Waals surface area contributed by atoms with E-state index in [2.05, 4.69) is 4.72 Å². The van der Waals surface area contributed by atoms with Crippen LogP contribution in [-0.2, 0) is 14.8 Å². The third-order valence-electron chi connectivity index (χ3n) is 6.01. The van der Waals surface area contributed by atoms with Gasteiger partial charge in [0.25, 0.3) is 0 Å². The number of ether oxygens (including phenoxy) is 1. The number of hydrogen-bond donors (Lipinski definition) is 1. The van der Waals surface area contributed by atoms with Crippen molar-refractivity contribution in [1.29, 1.82) is 0 Å². The van der Waals surface area contributed by atoms with Gasteiger partial charge in [-0.1, -0.05) is 13.8 Å². The summed E-state index contributed by atoms with van der Waals surface area (Å²) in [6, 6.07) is 6.82. The lowest BCUT2D eigenvalue weighted by Gasteiger charge is -2.36. The lowest BCUT2D eigenvalue weighted by Crippen LogP contribution is -2.43. The molecule has 6 heteroatoms. The second kappa shape index (κ2) is 5.76. The first kappa shape index (κ1) is 17.3. The van der Waals surface area contributed by atoms with Gasteiger partial charge in [0, 0.05) is 12.1 Å². The van der Waals surface area contributed by atoms with E-state index in [1.807, 2.05) is 20.8 Å². The van der Waals surface area contributed by atoms with Crippen LogP contribution in [0.1, 0.15) is 40.0 Å². The number of rotatable bonds is 6. The zero-order valence-electron chi connectivity index (χ0n) is 14.5. The molecule has 1 aromatic carbocycles. The van der Waals surface area contributed by atoms with E-state index in [1.54, 1.807) is 24.3 Å². The number of anilines is 1. The molecule has 24 heavy (non-hydrogen) atoms. The van der Waals surface area contributed by atoms with Crippen molar-refractivity contribution in [3.05, 3.63) is 24.3 Å². The lowest BCUT2D eigenvalue weighted by atomic mass is 9.70. The second-order valence-corrected chi connectivity index (χ2v) is 9.21. The fourth-order valence-corrected chi connectivity index (χ4v) is 6.33. The van der Waals surface area contributed by atoms with Gasteiger partial charge in [-0.05, 0) is 55.4 Å². The minimum Gasteiger partial charge on any atom is -0.494 e. The minimum absolute atomic E-state index is 0.112. The molecular weight excluding hydrogens is 326 g/mol. The van der Waals surface area contributed by atoms with E-state index in [-0.39, 0.29) is 17.0 Å². The van der Waals surface area contributed by atoms with E-state index < -0.39 is 15.4 Å². The first-order chi connectivity index (χ1) is 11.2. The zero-order chi connectivity index (χ0) is 17.6. The maximum Gasteiger partial charge on any atom is 0.233 e. The molecule has 3 rings (SSSR count). The largest absolute Gasteiger partial charge is 0.494 e. The van der Waals surface area contributed by atoms with Gasteiger partial charge in [0.2, 0.25) is 10.0 Å². The van der Waals surface area contributed by atoms with Gasteiger partial charge in [-0.2, -0.15) is 0 Å². The molecule has 2 atom stereocenters. The number of carbonyl (C=O) groups excluding carboxylic acids is 1. The standard InChI is InChI=1S/C18H25NO4S/c1-4-23-15-7-5-14(6-8-15)19-24(21,22)12-18-10-9-13(11-16(18)20)17(18,2)3/h5-8,13,19H,4,9-12H2,1-3H3/t13-,18+/m0/s1. The van der Waals surface area contributed by atoms with Crippen molar-refractivity contribution < 1.29 is 17.9 Å². The normalized spacial score (nSPS) is 28.1. The second-order valence-electron chi connectivity index (χ2n) is 7.49. The van der Waals surface area contributed by atoms with Crippen LogP contribution in [0.2, 0.25) is 0 Å². The maximum absolute atomic E-state index is 12.7. The van der Waals surface area contributed by atoms with Crippen LogP contribution >= 0.6 is 0 Å². The summed E-state index contributed by atoms with van der Waals surface area (Å²) in [5.41, 5.74) is -0.500. The predicted molar refractivity (Wildman–Crippen MR) is 93.6 cm³/mol. The lowest BCUT2D eigenvalue weighted by molar-refractivity contribution is -0.128. The first-order valence-electron chi connectivity index (χ1n) is 8.47. The van der Waals surface area contributed by atoms with Crippen LogP contribution in [0.3, 0.4) is 0 Å². The molecule has 1 N–H and O–H groups in total. The third kappa shape index (κ3) is 2.70. The summed E-state index contributed by atoms with van der Waals surface area (Å²) in [6.07, 6.45) is 2.14. The van der Waals surface area contributed by atoms with E-state index in [4.69, 9.17) is 4.74 Å². The Morgan fingerprint density at radius 1 is 1.25 bits per heavy atom. The Morgan fingerprint density at radius 3 is 2.42 bits per heavy atom. The third-order valence-corrected chi connectivity index (χ3v) is 7.43. The number of hydrogen-bond acceptors (Lipinski definition) is 4. The average molecular weight is 351 g/mol. The number of sulfonamides is 1. The smallest absolute Gasteiger partial charge is 0.233 e. The predicted octanol–water partition coefficient (Wildman–Crippen LogP) is 3.22. The highest BCUT2D eigenvalue weighted by Crippen LogP contribution is 2.64. The monoisotopic (exact) mass is 351 g/mol. The van der Waals surface area contributed by atoms with Crippen molar-refractivity contribution >= 4 is 21.5 Å². The molecule has 0 heterocycles. The van der Waals surface area contributed by atoms with Crippen molar-refractivity contribution in [2.75, 3.05) is 17.1 Å². The maximum atomic E-state index is 12.7. The molecule has 132 valence electrons. The van der Waals surface area contributed by atoms with Crippen LogP contribution in [0, 0.1) is 16.7 Å². The fourth-order valence-electron chi connectivity index (χ4n) is 4.43. The van der Waals surface area contributed by atoms with E-state index in [9.17, 15) is 13.2 Å². The number of nitrogens with one attached hydrogen (secondary N) is 1. The van der Waals surface area contributed by atoms with Crippen LogP contribution in [0.15, 0.2) is 24.3 Å². The molecule has 0 aromatic heterocycles. The van der Waals surface area contributed by atoms with Gasteiger partial charge < -0.3 is 4.74 Å². The number of carbonyl (C=O) groups is 1. The Kier molecular flexibility index (Phi) is 4.14. The van der Waals surface area contributed by atoms with Gasteiger partial charge in [-0.25, -0.2) is 8.42 Å². The van der Waals surface area contributed by atoms with Crippen molar-refractivity contribution in [2.45, 2.75) is 40.0 Å². The molecule has 2 aliphatic carbocycles. The van der Waals surface area contributed by atoms with Gasteiger partial charge in [0.1, 0.15) is 11.5 Å². The van der Waals surface area contributed by atoms with E-state index in [1.165, 1.54) is 0 Å². The SMILES string of the molecule is CCOc1ccc(NS(=O)(=O)C[C@]23CC[C@@H](CC2=O)C3(C)C)cc1. The average Bonchev–Trinajstić information content (AvgIpc) is 2.83. The Morgan fingerprint density at radius 2 is 1.92 bits per heavy atom. The summed E-state index contributed by atoms with van der Waals surface area (Å²) in [4.78, 5) is 12.5. The van der Waals surface area contributed by atoms with Crippen LogP contribution in [0.5, 0.6) is 5.75 Å². The van der Waals surface area contributed by atoms with Crippen molar-refractivity contribution in [1.82, 2.24) is 0 Å². The molecule has 0 radical (unpaired) electrons. The molecule has 2 aliphatic rings. The zero-order valence-corrected chi connectivity index (χ0v) is 15.3. The first-order valence-corrected chi connectivity index (χ1v) is 10.1. The summed E-state index contributed by atoms with van der Waals surface area (Å²) < 4.78 is 33.3.